The van der Waals surface area contributed by atoms with Crippen molar-refractivity contribution in [2.45, 2.75) is 25.7 Å². The topological polar surface area (TPSA) is 26.0 Å². The summed E-state index contributed by atoms with van der Waals surface area (Å²) in [6, 6.07) is 1.51. The Kier molecular flexibility index (Phi) is 4.62. The third-order valence-corrected chi connectivity index (χ3v) is 2.24. The molecule has 15 heavy (non-hydrogen) atoms. The van der Waals surface area contributed by atoms with Gasteiger partial charge in [-0.3, -0.25) is 0 Å². The van der Waals surface area contributed by atoms with Crippen molar-refractivity contribution in [3.63, 3.8) is 0 Å². The molecule has 2 N–H and O–H groups in total. The van der Waals surface area contributed by atoms with Crippen LogP contribution in [-0.2, 0) is 6.42 Å². The molecule has 1 rings (SSSR count). The first-order valence-electron chi connectivity index (χ1n) is 4.98. The molecule has 0 aromatic heterocycles. The molecule has 0 bridgehead atoms. The van der Waals surface area contributed by atoms with Crippen LogP contribution in [0.1, 0.15) is 24.8 Å². The van der Waals surface area contributed by atoms with Crippen LogP contribution in [0.2, 0.25) is 0 Å². The molecule has 0 saturated carbocycles. The Labute approximate surface area is 87.1 Å². The molecule has 0 aliphatic carbocycles. The van der Waals surface area contributed by atoms with Crippen LogP contribution in [-0.4, -0.2) is 6.54 Å². The van der Waals surface area contributed by atoms with Gasteiger partial charge in [0.25, 0.3) is 0 Å². The summed E-state index contributed by atoms with van der Waals surface area (Å²) in [5.41, 5.74) is 5.53. The second-order valence-electron chi connectivity index (χ2n) is 3.46. The van der Waals surface area contributed by atoms with Crippen molar-refractivity contribution in [3.8, 4) is 0 Å². The number of hydrogen-bond acceptors (Lipinski definition) is 1. The van der Waals surface area contributed by atoms with Crippen LogP contribution in [0.15, 0.2) is 12.1 Å². The average molecular weight is 217 g/mol. The molecule has 0 spiro atoms. The van der Waals surface area contributed by atoms with E-state index in [1.807, 2.05) is 0 Å². The Hall–Kier alpha value is -1.03. The number of aryl methyl sites for hydroxylation is 1. The van der Waals surface area contributed by atoms with Gasteiger partial charge in [-0.25, -0.2) is 13.2 Å². The van der Waals surface area contributed by atoms with Gasteiger partial charge in [-0.15, -0.1) is 0 Å². The maximum absolute atomic E-state index is 13.1. The van der Waals surface area contributed by atoms with Gasteiger partial charge in [0.05, 0.1) is 0 Å². The quantitative estimate of drug-likeness (QED) is 0.595. The zero-order valence-corrected chi connectivity index (χ0v) is 8.40. The summed E-state index contributed by atoms with van der Waals surface area (Å²) in [6.07, 6.45) is 2.89. The van der Waals surface area contributed by atoms with Gasteiger partial charge in [-0.05, 0) is 37.4 Å². The lowest BCUT2D eigenvalue weighted by molar-refractivity contribution is 0.488. The van der Waals surface area contributed by atoms with E-state index in [2.05, 4.69) is 0 Å². The lowest BCUT2D eigenvalue weighted by Gasteiger charge is -2.03. The molecule has 1 aromatic carbocycles. The third-order valence-electron chi connectivity index (χ3n) is 2.24. The van der Waals surface area contributed by atoms with E-state index in [0.717, 1.165) is 25.3 Å². The van der Waals surface area contributed by atoms with E-state index in [1.54, 1.807) is 0 Å². The summed E-state index contributed by atoms with van der Waals surface area (Å²) in [7, 11) is 0. The highest BCUT2D eigenvalue weighted by molar-refractivity contribution is 5.20. The first-order valence-corrected chi connectivity index (χ1v) is 4.98. The van der Waals surface area contributed by atoms with Crippen LogP contribution in [0.25, 0.3) is 0 Å². The molecule has 0 aliphatic heterocycles. The molecular formula is C11H14F3N. The Morgan fingerprint density at radius 2 is 1.53 bits per heavy atom. The Morgan fingerprint density at radius 3 is 2.20 bits per heavy atom. The van der Waals surface area contributed by atoms with Gasteiger partial charge in [-0.1, -0.05) is 6.42 Å². The van der Waals surface area contributed by atoms with Crippen molar-refractivity contribution >= 4 is 0 Å². The van der Waals surface area contributed by atoms with Crippen molar-refractivity contribution in [2.24, 2.45) is 5.73 Å². The zero-order valence-electron chi connectivity index (χ0n) is 8.40. The molecule has 0 aliphatic rings. The molecule has 0 heterocycles. The Bertz CT molecular complexity index is 326. The molecule has 0 saturated heterocycles. The van der Waals surface area contributed by atoms with Crippen LogP contribution in [0.3, 0.4) is 0 Å². The SMILES string of the molecule is NCCCCCc1cc(F)c(F)cc1F. The lowest BCUT2D eigenvalue weighted by atomic mass is 10.1. The number of halogens is 3. The summed E-state index contributed by atoms with van der Waals surface area (Å²) in [5, 5.41) is 0. The van der Waals surface area contributed by atoms with Crippen molar-refractivity contribution in [1.82, 2.24) is 0 Å². The molecule has 0 unspecified atom stereocenters. The predicted octanol–water partition coefficient (Wildman–Crippen LogP) is 2.78. The third kappa shape index (κ3) is 3.55. The number of rotatable bonds is 5. The lowest BCUT2D eigenvalue weighted by Crippen LogP contribution is -1.99. The largest absolute Gasteiger partial charge is 0.330 e. The monoisotopic (exact) mass is 217 g/mol. The van der Waals surface area contributed by atoms with Crippen LogP contribution < -0.4 is 5.73 Å². The molecule has 0 radical (unpaired) electrons. The molecule has 4 heteroatoms. The highest BCUT2D eigenvalue weighted by Gasteiger charge is 2.08. The minimum Gasteiger partial charge on any atom is -0.330 e. The van der Waals surface area contributed by atoms with Crippen molar-refractivity contribution in [1.29, 1.82) is 0 Å². The van der Waals surface area contributed by atoms with Gasteiger partial charge >= 0.3 is 0 Å². The van der Waals surface area contributed by atoms with E-state index in [9.17, 15) is 13.2 Å². The molecule has 0 fully saturated rings. The molecule has 0 amide bonds. The summed E-state index contributed by atoms with van der Waals surface area (Å²) in [5.74, 6) is -2.81. The fourth-order valence-corrected chi connectivity index (χ4v) is 1.39. The second kappa shape index (κ2) is 5.75. The van der Waals surface area contributed by atoms with E-state index in [4.69, 9.17) is 5.73 Å². The van der Waals surface area contributed by atoms with Gasteiger partial charge in [0.2, 0.25) is 0 Å². The minimum atomic E-state index is -1.14. The standard InChI is InChI=1S/C11H14F3N/c12-9-7-11(14)10(13)6-8(9)4-2-1-3-5-15/h6-7H,1-5,15H2. The van der Waals surface area contributed by atoms with Gasteiger partial charge in [-0.2, -0.15) is 0 Å². The highest BCUT2D eigenvalue weighted by Crippen LogP contribution is 2.16. The van der Waals surface area contributed by atoms with Gasteiger partial charge < -0.3 is 5.73 Å². The molecule has 0 atom stereocenters. The first kappa shape index (κ1) is 12.0. The smallest absolute Gasteiger partial charge is 0.161 e. The van der Waals surface area contributed by atoms with Crippen LogP contribution >= 0.6 is 0 Å². The van der Waals surface area contributed by atoms with E-state index >= 15 is 0 Å². The van der Waals surface area contributed by atoms with Crippen molar-refractivity contribution in [2.75, 3.05) is 6.54 Å². The van der Waals surface area contributed by atoms with Crippen LogP contribution in [0.4, 0.5) is 13.2 Å². The van der Waals surface area contributed by atoms with E-state index in [0.29, 0.717) is 19.0 Å². The molecule has 1 nitrogen and oxygen atoms in total. The molecular weight excluding hydrogens is 203 g/mol. The van der Waals surface area contributed by atoms with E-state index in [1.165, 1.54) is 0 Å². The minimum absolute atomic E-state index is 0.228. The normalized spacial score (nSPS) is 10.7. The summed E-state index contributed by atoms with van der Waals surface area (Å²) in [4.78, 5) is 0. The fraction of sp³-hybridized carbons (Fsp3) is 0.455. The van der Waals surface area contributed by atoms with Gasteiger partial charge in [0.15, 0.2) is 11.6 Å². The Balaban J connectivity index is 2.57. The summed E-state index contributed by atoms with van der Waals surface area (Å²) in [6.45, 7) is 0.597. The maximum atomic E-state index is 13.1. The number of hydrogen-bond donors (Lipinski definition) is 1. The first-order chi connectivity index (χ1) is 7.15. The van der Waals surface area contributed by atoms with Crippen molar-refractivity contribution < 1.29 is 13.2 Å². The maximum Gasteiger partial charge on any atom is 0.161 e. The number of unbranched alkanes of at least 4 members (excludes halogenated alkanes) is 2. The number of nitrogens with two attached hydrogens (primary N) is 1. The highest BCUT2D eigenvalue weighted by atomic mass is 19.2. The van der Waals surface area contributed by atoms with Crippen molar-refractivity contribution in [3.05, 3.63) is 35.1 Å². The second-order valence-corrected chi connectivity index (χ2v) is 3.46. The predicted molar refractivity (Wildman–Crippen MR) is 52.9 cm³/mol. The fourth-order valence-electron chi connectivity index (χ4n) is 1.39. The Morgan fingerprint density at radius 1 is 0.867 bits per heavy atom. The summed E-state index contributed by atoms with van der Waals surface area (Å²) >= 11 is 0. The molecule has 84 valence electrons. The van der Waals surface area contributed by atoms with Crippen LogP contribution in [0, 0.1) is 17.5 Å². The van der Waals surface area contributed by atoms with Crippen LogP contribution in [0.5, 0.6) is 0 Å². The van der Waals surface area contributed by atoms with Gasteiger partial charge in [0.1, 0.15) is 5.82 Å². The zero-order chi connectivity index (χ0) is 11.3. The average Bonchev–Trinajstić information content (AvgIpc) is 2.20. The number of benzene rings is 1. The van der Waals surface area contributed by atoms with E-state index < -0.39 is 17.5 Å². The van der Waals surface area contributed by atoms with Gasteiger partial charge in [0, 0.05) is 6.07 Å². The van der Waals surface area contributed by atoms with E-state index in [-0.39, 0.29) is 5.56 Å². The molecule has 1 aromatic rings. The summed E-state index contributed by atoms with van der Waals surface area (Å²) < 4.78 is 38.5.